The third kappa shape index (κ3) is 4.90. The number of nitrogens with one attached hydrogen (secondary N) is 1. The molecule has 2 aliphatic heterocycles. The van der Waals surface area contributed by atoms with Crippen LogP contribution in [-0.4, -0.2) is 52.6 Å². The Morgan fingerprint density at radius 2 is 2.06 bits per heavy atom. The quantitative estimate of drug-likeness (QED) is 0.547. The molecule has 1 unspecified atom stereocenters. The van der Waals surface area contributed by atoms with Gasteiger partial charge in [0.25, 0.3) is 5.91 Å². The maximum atomic E-state index is 13.0. The third-order valence-electron chi connectivity index (χ3n) is 6.79. The Bertz CT molecular complexity index is 1310. The summed E-state index contributed by atoms with van der Waals surface area (Å²) >= 11 is 0. The number of nitrogens with zero attached hydrogens (tertiary/aromatic N) is 4. The van der Waals surface area contributed by atoms with Gasteiger partial charge in [0.15, 0.2) is 5.69 Å². The average Bonchev–Trinajstić information content (AvgIpc) is 3.63. The maximum absolute atomic E-state index is 13.0. The fourth-order valence-corrected chi connectivity index (χ4v) is 4.59. The van der Waals surface area contributed by atoms with Crippen LogP contribution in [0.5, 0.6) is 11.6 Å². The van der Waals surface area contributed by atoms with Crippen LogP contribution in [0.4, 0.5) is 0 Å². The van der Waals surface area contributed by atoms with E-state index in [9.17, 15) is 4.79 Å². The predicted molar refractivity (Wildman–Crippen MR) is 130 cm³/mol. The average molecular weight is 486 g/mol. The number of rotatable bonds is 7. The van der Waals surface area contributed by atoms with Gasteiger partial charge in [-0.3, -0.25) is 4.79 Å². The third-order valence-corrected chi connectivity index (χ3v) is 6.79. The van der Waals surface area contributed by atoms with Crippen LogP contribution in [0.1, 0.15) is 41.0 Å². The Morgan fingerprint density at radius 3 is 2.86 bits per heavy atom. The minimum atomic E-state index is -0.244. The van der Waals surface area contributed by atoms with Gasteiger partial charge in [0.2, 0.25) is 5.88 Å². The number of aryl methyl sites for hydroxylation is 1. The zero-order chi connectivity index (χ0) is 24.5. The first kappa shape index (κ1) is 22.6. The molecule has 9 nitrogen and oxygen atoms in total. The van der Waals surface area contributed by atoms with Crippen LogP contribution in [0.15, 0.2) is 42.6 Å². The number of amides is 1. The lowest BCUT2D eigenvalue weighted by molar-refractivity contribution is 0.0221. The Morgan fingerprint density at radius 1 is 1.17 bits per heavy atom. The maximum Gasteiger partial charge on any atom is 0.272 e. The van der Waals surface area contributed by atoms with Crippen molar-refractivity contribution in [2.75, 3.05) is 19.8 Å². The Balaban J connectivity index is 1.08. The second kappa shape index (κ2) is 9.63. The molecule has 0 spiro atoms. The van der Waals surface area contributed by atoms with E-state index >= 15 is 0 Å². The van der Waals surface area contributed by atoms with Crippen LogP contribution in [0.2, 0.25) is 0 Å². The zero-order valence-electron chi connectivity index (χ0n) is 19.9. The second-order valence-electron chi connectivity index (χ2n) is 9.65. The smallest absolute Gasteiger partial charge is 0.272 e. The largest absolute Gasteiger partial charge is 0.491 e. The van der Waals surface area contributed by atoms with Crippen LogP contribution >= 0.6 is 0 Å². The summed E-state index contributed by atoms with van der Waals surface area (Å²) in [7, 11) is 0. The standard InChI is InChI=1S/C27H27N5O4/c28-12-21-5-3-19(13-29-21)18-4-6-25-20(9-18)10-22(15-35-25)30-27(33)24-11-26-32(31-24)8-7-23(36-26)16-34-14-17-1-2-17/h3-6,9,11,13,17,22-23H,1-2,7-8,10,14-16H2,(H,30,33)/t22-,23?/m1/s1. The van der Waals surface area contributed by atoms with Gasteiger partial charge in [-0.05, 0) is 60.6 Å². The van der Waals surface area contributed by atoms with Gasteiger partial charge in [0.05, 0.1) is 12.6 Å². The van der Waals surface area contributed by atoms with E-state index in [1.54, 1.807) is 23.0 Å². The first-order chi connectivity index (χ1) is 17.6. The summed E-state index contributed by atoms with van der Waals surface area (Å²) in [5.74, 6) is 1.90. The molecule has 0 bridgehead atoms. The van der Waals surface area contributed by atoms with Crippen molar-refractivity contribution in [3.8, 4) is 28.8 Å². The number of pyridine rings is 1. The fraction of sp³-hybridized carbons (Fsp3) is 0.407. The van der Waals surface area contributed by atoms with Crippen molar-refractivity contribution in [1.29, 1.82) is 5.26 Å². The molecule has 36 heavy (non-hydrogen) atoms. The molecule has 184 valence electrons. The van der Waals surface area contributed by atoms with Crippen LogP contribution in [0, 0.1) is 17.2 Å². The Labute approximate surface area is 209 Å². The number of carbonyl (C=O) groups is 1. The molecule has 4 heterocycles. The second-order valence-corrected chi connectivity index (χ2v) is 9.65. The molecule has 1 aliphatic carbocycles. The lowest BCUT2D eigenvalue weighted by atomic mass is 9.97. The highest BCUT2D eigenvalue weighted by Crippen LogP contribution is 2.31. The van der Waals surface area contributed by atoms with E-state index in [1.807, 2.05) is 30.3 Å². The fourth-order valence-electron chi connectivity index (χ4n) is 4.59. The summed E-state index contributed by atoms with van der Waals surface area (Å²) in [6, 6.07) is 13.1. The lowest BCUT2D eigenvalue weighted by Crippen LogP contribution is -2.42. The predicted octanol–water partition coefficient (Wildman–Crippen LogP) is 3.13. The molecular formula is C27H27N5O4. The molecule has 1 aromatic carbocycles. The zero-order valence-corrected chi connectivity index (χ0v) is 19.9. The molecule has 6 rings (SSSR count). The number of nitriles is 1. The van der Waals surface area contributed by atoms with Crippen LogP contribution in [0.25, 0.3) is 11.1 Å². The Kier molecular flexibility index (Phi) is 6.03. The Hall–Kier alpha value is -3.90. The van der Waals surface area contributed by atoms with Crippen LogP contribution in [-0.2, 0) is 17.7 Å². The van der Waals surface area contributed by atoms with Crippen molar-refractivity contribution in [3.63, 3.8) is 0 Å². The van der Waals surface area contributed by atoms with Crippen molar-refractivity contribution in [2.45, 2.75) is 44.4 Å². The number of fused-ring (bicyclic) bond motifs is 2. The monoisotopic (exact) mass is 485 g/mol. The highest BCUT2D eigenvalue weighted by Gasteiger charge is 2.28. The molecule has 0 radical (unpaired) electrons. The molecule has 0 saturated heterocycles. The number of hydrogen-bond donors (Lipinski definition) is 1. The van der Waals surface area contributed by atoms with Gasteiger partial charge < -0.3 is 19.5 Å². The van der Waals surface area contributed by atoms with Crippen molar-refractivity contribution >= 4 is 5.91 Å². The molecule has 1 saturated carbocycles. The summed E-state index contributed by atoms with van der Waals surface area (Å²) in [6.45, 7) is 2.47. The molecule has 2 aromatic heterocycles. The van der Waals surface area contributed by atoms with Crippen molar-refractivity contribution in [1.82, 2.24) is 20.1 Å². The lowest BCUT2D eigenvalue weighted by Gasteiger charge is -2.26. The molecule has 3 aliphatic rings. The van der Waals surface area contributed by atoms with Gasteiger partial charge >= 0.3 is 0 Å². The van der Waals surface area contributed by atoms with Crippen molar-refractivity contribution < 1.29 is 19.0 Å². The van der Waals surface area contributed by atoms with E-state index in [2.05, 4.69) is 15.4 Å². The van der Waals surface area contributed by atoms with E-state index in [1.165, 1.54) is 12.8 Å². The van der Waals surface area contributed by atoms with Gasteiger partial charge in [0.1, 0.15) is 30.2 Å². The van der Waals surface area contributed by atoms with Crippen LogP contribution < -0.4 is 14.8 Å². The number of ether oxygens (including phenoxy) is 3. The summed E-state index contributed by atoms with van der Waals surface area (Å²) in [6.07, 6.45) is 5.67. The van der Waals surface area contributed by atoms with E-state index < -0.39 is 0 Å². The number of carbonyl (C=O) groups excluding carboxylic acids is 1. The highest BCUT2D eigenvalue weighted by molar-refractivity contribution is 5.92. The van der Waals surface area contributed by atoms with Crippen LogP contribution in [0.3, 0.4) is 0 Å². The van der Waals surface area contributed by atoms with Crippen molar-refractivity contribution in [3.05, 3.63) is 59.5 Å². The SMILES string of the molecule is N#Cc1ccc(-c2ccc3c(c2)C[C@@H](NC(=O)c2cc4n(n2)CCC(COCC2CC2)O4)CO3)cn1. The topological polar surface area (TPSA) is 111 Å². The summed E-state index contributed by atoms with van der Waals surface area (Å²) in [4.78, 5) is 17.1. The molecule has 1 amide bonds. The first-order valence-electron chi connectivity index (χ1n) is 12.4. The molecule has 3 aromatic rings. The minimum absolute atomic E-state index is 0.00684. The normalized spacial score (nSPS) is 20.3. The van der Waals surface area contributed by atoms with E-state index in [4.69, 9.17) is 19.5 Å². The van der Waals surface area contributed by atoms with Gasteiger partial charge in [-0.25, -0.2) is 9.67 Å². The molecule has 9 heteroatoms. The highest BCUT2D eigenvalue weighted by atomic mass is 16.5. The van der Waals surface area contributed by atoms with E-state index in [-0.39, 0.29) is 18.1 Å². The van der Waals surface area contributed by atoms with E-state index in [0.29, 0.717) is 43.4 Å². The molecule has 2 atom stereocenters. The molecule has 1 fully saturated rings. The first-order valence-corrected chi connectivity index (χ1v) is 12.4. The summed E-state index contributed by atoms with van der Waals surface area (Å²) in [5.41, 5.74) is 3.63. The van der Waals surface area contributed by atoms with Crippen molar-refractivity contribution in [2.24, 2.45) is 5.92 Å². The van der Waals surface area contributed by atoms with Gasteiger partial charge in [0, 0.05) is 37.4 Å². The minimum Gasteiger partial charge on any atom is -0.491 e. The summed E-state index contributed by atoms with van der Waals surface area (Å²) < 4.78 is 19.5. The summed E-state index contributed by atoms with van der Waals surface area (Å²) in [5, 5.41) is 16.5. The van der Waals surface area contributed by atoms with Gasteiger partial charge in [-0.1, -0.05) is 6.07 Å². The van der Waals surface area contributed by atoms with E-state index in [0.717, 1.165) is 41.4 Å². The van der Waals surface area contributed by atoms with Gasteiger partial charge in [-0.2, -0.15) is 10.4 Å². The number of hydrogen-bond acceptors (Lipinski definition) is 7. The van der Waals surface area contributed by atoms with Gasteiger partial charge in [-0.15, -0.1) is 0 Å². The number of benzene rings is 1. The molecule has 1 N–H and O–H groups in total. The molecular weight excluding hydrogens is 458 g/mol. The number of aromatic nitrogens is 3.